The number of benzene rings is 1. The summed E-state index contributed by atoms with van der Waals surface area (Å²) in [7, 11) is -3.51. The largest absolute Gasteiger partial charge is 0.494 e. The van der Waals surface area contributed by atoms with Crippen molar-refractivity contribution in [2.45, 2.75) is 31.3 Å². The number of hydrogen-bond acceptors (Lipinski definition) is 4. The van der Waals surface area contributed by atoms with Gasteiger partial charge in [0.1, 0.15) is 5.75 Å². The van der Waals surface area contributed by atoms with Crippen LogP contribution in [0.5, 0.6) is 5.75 Å². The summed E-state index contributed by atoms with van der Waals surface area (Å²) in [6, 6.07) is 4.85. The second-order valence-corrected chi connectivity index (χ2v) is 6.60. The van der Waals surface area contributed by atoms with Crippen molar-refractivity contribution in [2.75, 3.05) is 19.7 Å². The molecular formula is C13H19NO4S. The minimum atomic E-state index is -3.51. The fourth-order valence-corrected chi connectivity index (χ4v) is 3.76. The lowest BCUT2D eigenvalue weighted by atomic mass is 10.2. The number of rotatable bonds is 4. The number of aliphatic hydroxyl groups is 1. The number of nitrogens with zero attached hydrogens (tertiary/aromatic N) is 1. The van der Waals surface area contributed by atoms with Crippen LogP contribution in [-0.2, 0) is 10.0 Å². The molecule has 1 aliphatic heterocycles. The molecule has 1 saturated heterocycles. The Balaban J connectivity index is 2.28. The normalized spacial score (nSPS) is 20.7. The fourth-order valence-electron chi connectivity index (χ4n) is 2.18. The van der Waals surface area contributed by atoms with Crippen molar-refractivity contribution in [3.8, 4) is 5.75 Å². The summed E-state index contributed by atoms with van der Waals surface area (Å²) >= 11 is 0. The Kier molecular flexibility index (Phi) is 4.13. The Morgan fingerprint density at radius 2 is 2.21 bits per heavy atom. The molecule has 0 saturated carbocycles. The smallest absolute Gasteiger partial charge is 0.243 e. The van der Waals surface area contributed by atoms with E-state index in [0.29, 0.717) is 25.3 Å². The van der Waals surface area contributed by atoms with Crippen LogP contribution in [0.2, 0.25) is 0 Å². The standard InChI is InChI=1S/C13H19NO4S/c1-3-18-13-5-4-12(8-10(13)2)19(16,17)14-7-6-11(15)9-14/h4-5,8,11,15H,3,6-7,9H2,1-2H3/t11-/m0/s1. The Bertz CT molecular complexity index is 556. The molecule has 0 radical (unpaired) electrons. The van der Waals surface area contributed by atoms with Crippen LogP contribution < -0.4 is 4.74 Å². The number of β-amino-alcohol motifs (C(OH)–C–C–N with tert-alkyl or cyclic N) is 1. The topological polar surface area (TPSA) is 66.8 Å². The Morgan fingerprint density at radius 1 is 1.47 bits per heavy atom. The van der Waals surface area contributed by atoms with Gasteiger partial charge >= 0.3 is 0 Å². The Hall–Kier alpha value is -1.11. The highest BCUT2D eigenvalue weighted by Crippen LogP contribution is 2.26. The summed E-state index contributed by atoms with van der Waals surface area (Å²) in [6.07, 6.45) is -0.0616. The van der Waals surface area contributed by atoms with Crippen LogP contribution in [0.4, 0.5) is 0 Å². The number of aliphatic hydroxyl groups excluding tert-OH is 1. The Labute approximate surface area is 113 Å². The first-order chi connectivity index (χ1) is 8.95. The van der Waals surface area contributed by atoms with Crippen LogP contribution in [-0.4, -0.2) is 43.6 Å². The molecule has 0 unspecified atom stereocenters. The van der Waals surface area contributed by atoms with Gasteiger partial charge in [0, 0.05) is 13.1 Å². The molecule has 1 fully saturated rings. The first-order valence-electron chi connectivity index (χ1n) is 6.37. The third kappa shape index (κ3) is 2.91. The van der Waals surface area contributed by atoms with Gasteiger partial charge in [-0.15, -0.1) is 0 Å². The van der Waals surface area contributed by atoms with E-state index in [4.69, 9.17) is 4.74 Å². The van der Waals surface area contributed by atoms with Gasteiger partial charge in [-0.3, -0.25) is 0 Å². The predicted molar refractivity (Wildman–Crippen MR) is 71.7 cm³/mol. The first kappa shape index (κ1) is 14.3. The zero-order valence-electron chi connectivity index (χ0n) is 11.2. The molecular weight excluding hydrogens is 266 g/mol. The van der Waals surface area contributed by atoms with Gasteiger partial charge in [0.25, 0.3) is 0 Å². The molecule has 5 nitrogen and oxygen atoms in total. The first-order valence-corrected chi connectivity index (χ1v) is 7.81. The molecule has 106 valence electrons. The van der Waals surface area contributed by atoms with Gasteiger partial charge in [0.05, 0.1) is 17.6 Å². The van der Waals surface area contributed by atoms with E-state index < -0.39 is 16.1 Å². The minimum Gasteiger partial charge on any atom is -0.494 e. The maximum absolute atomic E-state index is 12.4. The molecule has 1 heterocycles. The summed E-state index contributed by atoms with van der Waals surface area (Å²) in [5.41, 5.74) is 0.794. The highest BCUT2D eigenvalue weighted by atomic mass is 32.2. The van der Waals surface area contributed by atoms with Gasteiger partial charge in [-0.2, -0.15) is 4.31 Å². The highest BCUT2D eigenvalue weighted by Gasteiger charge is 2.31. The van der Waals surface area contributed by atoms with Gasteiger partial charge in [0.15, 0.2) is 0 Å². The highest BCUT2D eigenvalue weighted by molar-refractivity contribution is 7.89. The molecule has 2 rings (SSSR count). The second-order valence-electron chi connectivity index (χ2n) is 4.67. The average Bonchev–Trinajstić information content (AvgIpc) is 2.79. The summed E-state index contributed by atoms with van der Waals surface area (Å²) in [4.78, 5) is 0.252. The van der Waals surface area contributed by atoms with Crippen molar-refractivity contribution in [1.82, 2.24) is 4.31 Å². The van der Waals surface area contributed by atoms with Crippen LogP contribution in [0, 0.1) is 6.92 Å². The van der Waals surface area contributed by atoms with E-state index in [-0.39, 0.29) is 11.4 Å². The van der Waals surface area contributed by atoms with Crippen molar-refractivity contribution >= 4 is 10.0 Å². The van der Waals surface area contributed by atoms with Crippen LogP contribution in [0.3, 0.4) is 0 Å². The van der Waals surface area contributed by atoms with E-state index in [1.165, 1.54) is 4.31 Å². The lowest BCUT2D eigenvalue weighted by Gasteiger charge is -2.17. The molecule has 1 aromatic rings. The van der Waals surface area contributed by atoms with Crippen molar-refractivity contribution in [1.29, 1.82) is 0 Å². The van der Waals surface area contributed by atoms with E-state index in [0.717, 1.165) is 5.56 Å². The van der Waals surface area contributed by atoms with Crippen molar-refractivity contribution in [3.05, 3.63) is 23.8 Å². The van der Waals surface area contributed by atoms with Gasteiger partial charge in [0.2, 0.25) is 10.0 Å². The third-order valence-corrected chi connectivity index (χ3v) is 5.07. The van der Waals surface area contributed by atoms with Crippen LogP contribution >= 0.6 is 0 Å². The fraction of sp³-hybridized carbons (Fsp3) is 0.538. The summed E-state index contributed by atoms with van der Waals surface area (Å²) in [5.74, 6) is 0.697. The Morgan fingerprint density at radius 3 is 2.74 bits per heavy atom. The van der Waals surface area contributed by atoms with Crippen LogP contribution in [0.25, 0.3) is 0 Å². The number of aryl methyl sites for hydroxylation is 1. The molecule has 6 heteroatoms. The third-order valence-electron chi connectivity index (χ3n) is 3.21. The van der Waals surface area contributed by atoms with Crippen LogP contribution in [0.15, 0.2) is 23.1 Å². The zero-order chi connectivity index (χ0) is 14.0. The molecule has 19 heavy (non-hydrogen) atoms. The van der Waals surface area contributed by atoms with Gasteiger partial charge in [-0.05, 0) is 44.0 Å². The minimum absolute atomic E-state index is 0.175. The molecule has 1 N–H and O–H groups in total. The second kappa shape index (κ2) is 5.48. The van der Waals surface area contributed by atoms with E-state index in [9.17, 15) is 13.5 Å². The van der Waals surface area contributed by atoms with E-state index >= 15 is 0 Å². The van der Waals surface area contributed by atoms with Crippen molar-refractivity contribution in [2.24, 2.45) is 0 Å². The maximum Gasteiger partial charge on any atom is 0.243 e. The van der Waals surface area contributed by atoms with Gasteiger partial charge in [-0.1, -0.05) is 0 Å². The van der Waals surface area contributed by atoms with Crippen molar-refractivity contribution < 1.29 is 18.3 Å². The summed E-state index contributed by atoms with van der Waals surface area (Å²) < 4.78 is 31.5. The van der Waals surface area contributed by atoms with E-state index in [1.54, 1.807) is 18.2 Å². The lowest BCUT2D eigenvalue weighted by molar-refractivity contribution is 0.189. The number of ether oxygens (including phenoxy) is 1. The molecule has 0 spiro atoms. The molecule has 0 aliphatic carbocycles. The van der Waals surface area contributed by atoms with Gasteiger partial charge < -0.3 is 9.84 Å². The van der Waals surface area contributed by atoms with E-state index in [1.807, 2.05) is 13.8 Å². The predicted octanol–water partition coefficient (Wildman–Crippen LogP) is 1.15. The quantitative estimate of drug-likeness (QED) is 0.901. The molecule has 0 aromatic heterocycles. The SMILES string of the molecule is CCOc1ccc(S(=O)(=O)N2CC[C@H](O)C2)cc1C. The summed E-state index contributed by atoms with van der Waals surface area (Å²) in [5, 5.41) is 9.45. The van der Waals surface area contributed by atoms with Gasteiger partial charge in [-0.25, -0.2) is 8.42 Å². The zero-order valence-corrected chi connectivity index (χ0v) is 12.0. The maximum atomic E-state index is 12.4. The lowest BCUT2D eigenvalue weighted by Crippen LogP contribution is -2.29. The molecule has 0 bridgehead atoms. The summed E-state index contributed by atoms with van der Waals surface area (Å²) in [6.45, 7) is 4.80. The van der Waals surface area contributed by atoms with Crippen molar-refractivity contribution in [3.63, 3.8) is 0 Å². The monoisotopic (exact) mass is 285 g/mol. The molecule has 0 amide bonds. The van der Waals surface area contributed by atoms with Crippen LogP contribution in [0.1, 0.15) is 18.9 Å². The molecule has 1 aliphatic rings. The number of sulfonamides is 1. The number of hydrogen-bond donors (Lipinski definition) is 1. The molecule has 1 aromatic carbocycles. The van der Waals surface area contributed by atoms with E-state index in [2.05, 4.69) is 0 Å². The molecule has 1 atom stereocenters. The average molecular weight is 285 g/mol.